The van der Waals surface area contributed by atoms with Gasteiger partial charge < -0.3 is 4.40 Å². The first-order valence-corrected chi connectivity index (χ1v) is 6.12. The van der Waals surface area contributed by atoms with E-state index in [1.165, 1.54) is 23.4 Å². The van der Waals surface area contributed by atoms with Gasteiger partial charge in [-0.1, -0.05) is 13.8 Å². The van der Waals surface area contributed by atoms with Crippen molar-refractivity contribution in [2.24, 2.45) is 5.92 Å². The lowest BCUT2D eigenvalue weighted by atomic mass is 9.84. The van der Waals surface area contributed by atoms with E-state index in [9.17, 15) is 0 Å². The smallest absolute Gasteiger partial charge is 0.137 e. The van der Waals surface area contributed by atoms with Crippen LogP contribution in [0.2, 0.25) is 0 Å². The Balaban J connectivity index is 2.26. The summed E-state index contributed by atoms with van der Waals surface area (Å²) in [6.45, 7) is 6.77. The number of rotatable bonds is 0. The average Bonchev–Trinajstić information content (AvgIpc) is 2.54. The molecular formula is C14H18N2. The molecule has 0 fully saturated rings. The first-order valence-electron chi connectivity index (χ1n) is 6.12. The molecule has 0 N–H and O–H groups in total. The van der Waals surface area contributed by atoms with Crippen LogP contribution in [0.3, 0.4) is 0 Å². The fourth-order valence-corrected chi connectivity index (χ4v) is 3.01. The van der Waals surface area contributed by atoms with E-state index in [4.69, 9.17) is 4.98 Å². The van der Waals surface area contributed by atoms with Crippen molar-refractivity contribution < 1.29 is 0 Å². The SMILES string of the molecule is Cc1ccn2c3c(nc2c1)CC(C)CC3C. The Morgan fingerprint density at radius 2 is 2.19 bits per heavy atom. The van der Waals surface area contributed by atoms with Crippen molar-refractivity contribution >= 4 is 5.65 Å². The molecule has 0 amide bonds. The zero-order chi connectivity index (χ0) is 11.3. The number of hydrogen-bond acceptors (Lipinski definition) is 1. The van der Waals surface area contributed by atoms with Gasteiger partial charge in [0.25, 0.3) is 0 Å². The van der Waals surface area contributed by atoms with Crippen LogP contribution in [-0.2, 0) is 6.42 Å². The molecule has 1 aliphatic carbocycles. The lowest BCUT2D eigenvalue weighted by Gasteiger charge is -2.23. The van der Waals surface area contributed by atoms with Crippen LogP contribution in [-0.4, -0.2) is 9.38 Å². The zero-order valence-corrected chi connectivity index (χ0v) is 10.2. The molecule has 0 saturated carbocycles. The Labute approximate surface area is 96.3 Å². The van der Waals surface area contributed by atoms with Gasteiger partial charge in [0.15, 0.2) is 0 Å². The van der Waals surface area contributed by atoms with Crippen LogP contribution in [0.5, 0.6) is 0 Å². The predicted molar refractivity (Wildman–Crippen MR) is 65.8 cm³/mol. The second-order valence-corrected chi connectivity index (χ2v) is 5.32. The predicted octanol–water partition coefficient (Wildman–Crippen LogP) is 3.33. The Hall–Kier alpha value is -1.31. The number of aryl methyl sites for hydroxylation is 1. The third-order valence-electron chi connectivity index (χ3n) is 3.66. The highest BCUT2D eigenvalue weighted by Crippen LogP contribution is 2.34. The zero-order valence-electron chi connectivity index (χ0n) is 10.2. The van der Waals surface area contributed by atoms with Gasteiger partial charge in [0.05, 0.1) is 5.69 Å². The van der Waals surface area contributed by atoms with E-state index in [-0.39, 0.29) is 0 Å². The molecule has 3 rings (SSSR count). The van der Waals surface area contributed by atoms with E-state index in [0.717, 1.165) is 18.0 Å². The van der Waals surface area contributed by atoms with Gasteiger partial charge in [0, 0.05) is 11.9 Å². The van der Waals surface area contributed by atoms with Crippen molar-refractivity contribution in [3.05, 3.63) is 35.3 Å². The van der Waals surface area contributed by atoms with E-state index in [2.05, 4.69) is 43.5 Å². The lowest BCUT2D eigenvalue weighted by molar-refractivity contribution is 0.437. The molecule has 16 heavy (non-hydrogen) atoms. The first kappa shape index (κ1) is 9.88. The lowest BCUT2D eigenvalue weighted by Crippen LogP contribution is -2.15. The van der Waals surface area contributed by atoms with Crippen LogP contribution >= 0.6 is 0 Å². The van der Waals surface area contributed by atoms with Crippen molar-refractivity contribution in [2.45, 2.75) is 39.5 Å². The van der Waals surface area contributed by atoms with Crippen LogP contribution in [0.1, 0.15) is 43.1 Å². The van der Waals surface area contributed by atoms with Gasteiger partial charge >= 0.3 is 0 Å². The van der Waals surface area contributed by atoms with Crippen LogP contribution in [0.4, 0.5) is 0 Å². The number of nitrogens with zero attached hydrogens (tertiary/aromatic N) is 2. The van der Waals surface area contributed by atoms with Crippen molar-refractivity contribution in [2.75, 3.05) is 0 Å². The summed E-state index contributed by atoms with van der Waals surface area (Å²) in [5.41, 5.74) is 5.16. The summed E-state index contributed by atoms with van der Waals surface area (Å²) in [6.07, 6.45) is 4.60. The second-order valence-electron chi connectivity index (χ2n) is 5.32. The number of fused-ring (bicyclic) bond motifs is 3. The monoisotopic (exact) mass is 214 g/mol. The first-order chi connectivity index (χ1) is 7.65. The van der Waals surface area contributed by atoms with Crippen LogP contribution in [0.25, 0.3) is 5.65 Å². The van der Waals surface area contributed by atoms with E-state index >= 15 is 0 Å². The topological polar surface area (TPSA) is 17.3 Å². The minimum atomic E-state index is 0.636. The van der Waals surface area contributed by atoms with E-state index in [1.807, 2.05) is 0 Å². The summed E-state index contributed by atoms with van der Waals surface area (Å²) in [5, 5.41) is 0. The summed E-state index contributed by atoms with van der Waals surface area (Å²) in [7, 11) is 0. The van der Waals surface area contributed by atoms with Crippen molar-refractivity contribution in [3.8, 4) is 0 Å². The maximum absolute atomic E-state index is 4.78. The van der Waals surface area contributed by atoms with Crippen LogP contribution in [0.15, 0.2) is 18.3 Å². The molecule has 2 atom stereocenters. The Morgan fingerprint density at radius 1 is 1.38 bits per heavy atom. The average molecular weight is 214 g/mol. The van der Waals surface area contributed by atoms with Crippen molar-refractivity contribution in [1.29, 1.82) is 0 Å². The summed E-state index contributed by atoms with van der Waals surface area (Å²) < 4.78 is 2.28. The Kier molecular flexibility index (Phi) is 2.06. The molecule has 2 aromatic rings. The number of pyridine rings is 1. The van der Waals surface area contributed by atoms with Gasteiger partial charge in [0.1, 0.15) is 5.65 Å². The number of imidazole rings is 1. The molecule has 0 aromatic carbocycles. The Bertz CT molecular complexity index is 539. The fourth-order valence-electron chi connectivity index (χ4n) is 3.01. The van der Waals surface area contributed by atoms with Gasteiger partial charge in [-0.25, -0.2) is 4.98 Å². The fraction of sp³-hybridized carbons (Fsp3) is 0.500. The molecule has 0 spiro atoms. The third kappa shape index (κ3) is 1.36. The van der Waals surface area contributed by atoms with Crippen LogP contribution < -0.4 is 0 Å². The van der Waals surface area contributed by atoms with Crippen molar-refractivity contribution in [1.82, 2.24) is 9.38 Å². The summed E-state index contributed by atoms with van der Waals surface area (Å²) in [4.78, 5) is 4.78. The van der Waals surface area contributed by atoms with Gasteiger partial charge in [0.2, 0.25) is 0 Å². The highest BCUT2D eigenvalue weighted by Gasteiger charge is 2.25. The van der Waals surface area contributed by atoms with Crippen molar-refractivity contribution in [3.63, 3.8) is 0 Å². The van der Waals surface area contributed by atoms with Gasteiger partial charge in [-0.15, -0.1) is 0 Å². The minimum absolute atomic E-state index is 0.636. The van der Waals surface area contributed by atoms with E-state index in [1.54, 1.807) is 0 Å². The maximum atomic E-state index is 4.78. The van der Waals surface area contributed by atoms with Crippen LogP contribution in [0, 0.1) is 12.8 Å². The second kappa shape index (κ2) is 3.34. The molecule has 0 bridgehead atoms. The molecule has 2 aromatic heterocycles. The molecule has 0 saturated heterocycles. The standard InChI is InChI=1S/C14H18N2/c1-9-4-5-16-13(8-9)15-12-7-10(2)6-11(3)14(12)16/h4-5,8,10-11H,6-7H2,1-3H3. The summed E-state index contributed by atoms with van der Waals surface area (Å²) >= 11 is 0. The highest BCUT2D eigenvalue weighted by molar-refractivity contribution is 5.47. The third-order valence-corrected chi connectivity index (χ3v) is 3.66. The normalized spacial score (nSPS) is 24.7. The molecule has 2 heteroatoms. The molecule has 2 heterocycles. The molecule has 0 radical (unpaired) electrons. The Morgan fingerprint density at radius 3 is 3.00 bits per heavy atom. The maximum Gasteiger partial charge on any atom is 0.137 e. The summed E-state index contributed by atoms with van der Waals surface area (Å²) in [6, 6.07) is 4.34. The quantitative estimate of drug-likeness (QED) is 0.657. The minimum Gasteiger partial charge on any atom is -0.304 e. The number of hydrogen-bond donors (Lipinski definition) is 0. The molecule has 2 nitrogen and oxygen atoms in total. The largest absolute Gasteiger partial charge is 0.304 e. The molecule has 0 aliphatic heterocycles. The van der Waals surface area contributed by atoms with Gasteiger partial charge in [-0.3, -0.25) is 0 Å². The molecule has 84 valence electrons. The molecule has 2 unspecified atom stereocenters. The van der Waals surface area contributed by atoms with Gasteiger partial charge in [-0.05, 0) is 49.3 Å². The van der Waals surface area contributed by atoms with E-state index < -0.39 is 0 Å². The summed E-state index contributed by atoms with van der Waals surface area (Å²) in [5.74, 6) is 1.41. The molecular weight excluding hydrogens is 196 g/mol. The van der Waals surface area contributed by atoms with Gasteiger partial charge in [-0.2, -0.15) is 0 Å². The van der Waals surface area contributed by atoms with E-state index in [0.29, 0.717) is 5.92 Å². The number of aromatic nitrogens is 2. The highest BCUT2D eigenvalue weighted by atomic mass is 15.0. The molecule has 1 aliphatic rings.